The molecular weight excluding hydrogens is 180 g/mol. The molecule has 0 aliphatic heterocycles. The van der Waals surface area contributed by atoms with Crippen LogP contribution < -0.4 is 0 Å². The second-order valence-electron chi connectivity index (χ2n) is 4.20. The summed E-state index contributed by atoms with van der Waals surface area (Å²) >= 11 is 0. The third kappa shape index (κ3) is 4.64. The maximum Gasteiger partial charge on any atom is -0.0259 e. The van der Waals surface area contributed by atoms with E-state index < -0.39 is 0 Å². The van der Waals surface area contributed by atoms with Crippen LogP contribution in [0.15, 0.2) is 36.4 Å². The normalized spacial score (nSPS) is 12.0. The highest BCUT2D eigenvalue weighted by Crippen LogP contribution is 2.09. The van der Waals surface area contributed by atoms with Crippen molar-refractivity contribution in [1.29, 1.82) is 0 Å². The first-order chi connectivity index (χ1) is 7.22. The van der Waals surface area contributed by atoms with E-state index >= 15 is 0 Å². The predicted octanol–water partition coefficient (Wildman–Crippen LogP) is 4.78. The van der Waals surface area contributed by atoms with Gasteiger partial charge in [-0.15, -0.1) is 0 Å². The Morgan fingerprint density at radius 3 is 2.00 bits per heavy atom. The molecule has 0 heteroatoms. The third-order valence-electron chi connectivity index (χ3n) is 2.21. The zero-order chi connectivity index (χ0) is 11.1. The van der Waals surface area contributed by atoms with Crippen molar-refractivity contribution in [2.75, 3.05) is 0 Å². The van der Waals surface area contributed by atoms with E-state index in [9.17, 15) is 0 Å². The van der Waals surface area contributed by atoms with Gasteiger partial charge >= 0.3 is 0 Å². The van der Waals surface area contributed by atoms with Crippen molar-refractivity contribution in [1.82, 2.24) is 0 Å². The summed E-state index contributed by atoms with van der Waals surface area (Å²) in [6, 6.07) is 8.61. The van der Waals surface area contributed by atoms with E-state index in [0.717, 1.165) is 12.3 Å². The van der Waals surface area contributed by atoms with Gasteiger partial charge in [-0.3, -0.25) is 0 Å². The Balaban J connectivity index is 2.60. The van der Waals surface area contributed by atoms with Gasteiger partial charge in [0.25, 0.3) is 0 Å². The predicted molar refractivity (Wildman–Crippen MR) is 69.6 cm³/mol. The molecule has 0 fully saturated rings. The Morgan fingerprint density at radius 2 is 1.53 bits per heavy atom. The minimum atomic E-state index is 0.739. The SMILES string of the molecule is CC=Cc1ccc(C=CCC(C)C)cc1. The molecule has 0 bridgehead atoms. The van der Waals surface area contributed by atoms with Crippen molar-refractivity contribution in [2.45, 2.75) is 27.2 Å². The van der Waals surface area contributed by atoms with Gasteiger partial charge in [0, 0.05) is 0 Å². The molecule has 0 radical (unpaired) electrons. The highest BCUT2D eigenvalue weighted by atomic mass is 14.0. The van der Waals surface area contributed by atoms with Gasteiger partial charge < -0.3 is 0 Å². The average Bonchev–Trinajstić information content (AvgIpc) is 2.20. The minimum absolute atomic E-state index is 0.739. The van der Waals surface area contributed by atoms with Gasteiger partial charge in [-0.1, -0.05) is 62.4 Å². The maximum absolute atomic E-state index is 2.25. The molecule has 1 aromatic rings. The lowest BCUT2D eigenvalue weighted by Gasteiger charge is -1.98. The van der Waals surface area contributed by atoms with Gasteiger partial charge in [0.15, 0.2) is 0 Å². The van der Waals surface area contributed by atoms with Crippen molar-refractivity contribution in [3.63, 3.8) is 0 Å². The van der Waals surface area contributed by atoms with Crippen LogP contribution in [0.4, 0.5) is 0 Å². The summed E-state index contributed by atoms with van der Waals surface area (Å²) in [6.07, 6.45) is 9.76. The maximum atomic E-state index is 2.25. The van der Waals surface area contributed by atoms with E-state index in [1.54, 1.807) is 0 Å². The standard InChI is InChI=1S/C15H20/c1-4-6-14-9-11-15(12-10-14)8-5-7-13(2)3/h4-6,8-13H,7H2,1-3H3. The van der Waals surface area contributed by atoms with Gasteiger partial charge in [0.1, 0.15) is 0 Å². The summed E-state index contributed by atoms with van der Waals surface area (Å²) in [4.78, 5) is 0. The molecule has 0 aliphatic rings. The zero-order valence-electron chi connectivity index (χ0n) is 9.90. The topological polar surface area (TPSA) is 0 Å². The quantitative estimate of drug-likeness (QED) is 0.656. The highest BCUT2D eigenvalue weighted by Gasteiger charge is 1.89. The third-order valence-corrected chi connectivity index (χ3v) is 2.21. The fourth-order valence-electron chi connectivity index (χ4n) is 1.39. The average molecular weight is 200 g/mol. The summed E-state index contributed by atoms with van der Waals surface area (Å²) in [5.41, 5.74) is 2.54. The first-order valence-electron chi connectivity index (χ1n) is 5.61. The van der Waals surface area contributed by atoms with Crippen molar-refractivity contribution < 1.29 is 0 Å². The molecule has 1 aromatic carbocycles. The summed E-state index contributed by atoms with van der Waals surface area (Å²) in [5, 5.41) is 0. The summed E-state index contributed by atoms with van der Waals surface area (Å²) in [5.74, 6) is 0.739. The molecule has 0 aliphatic carbocycles. The zero-order valence-corrected chi connectivity index (χ0v) is 9.90. The lowest BCUT2D eigenvalue weighted by molar-refractivity contribution is 0.665. The first-order valence-corrected chi connectivity index (χ1v) is 5.61. The van der Waals surface area contributed by atoms with E-state index in [2.05, 4.69) is 62.4 Å². The number of benzene rings is 1. The fraction of sp³-hybridized carbons (Fsp3) is 0.333. The first kappa shape index (κ1) is 11.8. The van der Waals surface area contributed by atoms with Crippen molar-refractivity contribution >= 4 is 12.2 Å². The van der Waals surface area contributed by atoms with Crippen LogP contribution in [-0.4, -0.2) is 0 Å². The van der Waals surface area contributed by atoms with Gasteiger partial charge in [0.2, 0.25) is 0 Å². The van der Waals surface area contributed by atoms with Crippen molar-refractivity contribution in [3.05, 3.63) is 47.5 Å². The smallest absolute Gasteiger partial charge is 0.0259 e. The Kier molecular flexibility index (Phi) is 4.89. The second-order valence-corrected chi connectivity index (χ2v) is 4.20. The molecule has 0 unspecified atom stereocenters. The lowest BCUT2D eigenvalue weighted by atomic mass is 10.1. The molecule has 0 saturated heterocycles. The van der Waals surface area contributed by atoms with Crippen LogP contribution in [0.25, 0.3) is 12.2 Å². The number of hydrogen-bond acceptors (Lipinski definition) is 0. The summed E-state index contributed by atoms with van der Waals surface area (Å²) < 4.78 is 0. The minimum Gasteiger partial charge on any atom is -0.0871 e. The van der Waals surface area contributed by atoms with E-state index in [1.807, 2.05) is 6.92 Å². The molecule has 0 atom stereocenters. The largest absolute Gasteiger partial charge is 0.0871 e. The number of hydrogen-bond donors (Lipinski definition) is 0. The Labute approximate surface area is 93.3 Å². The van der Waals surface area contributed by atoms with Gasteiger partial charge in [-0.05, 0) is 30.4 Å². The van der Waals surface area contributed by atoms with Crippen LogP contribution in [-0.2, 0) is 0 Å². The van der Waals surface area contributed by atoms with Gasteiger partial charge in [-0.2, -0.15) is 0 Å². The Morgan fingerprint density at radius 1 is 1.00 bits per heavy atom. The molecule has 0 N–H and O–H groups in total. The molecule has 1 rings (SSSR count). The Bertz CT molecular complexity index is 326. The van der Waals surface area contributed by atoms with Crippen LogP contribution in [0.3, 0.4) is 0 Å². The second kappa shape index (κ2) is 6.23. The molecular formula is C15H20. The van der Waals surface area contributed by atoms with E-state index in [1.165, 1.54) is 11.1 Å². The molecule has 0 heterocycles. The summed E-state index contributed by atoms with van der Waals surface area (Å²) in [7, 11) is 0. The van der Waals surface area contributed by atoms with E-state index in [-0.39, 0.29) is 0 Å². The highest BCUT2D eigenvalue weighted by molar-refractivity contribution is 5.55. The molecule has 80 valence electrons. The molecule has 0 aromatic heterocycles. The van der Waals surface area contributed by atoms with Crippen LogP contribution >= 0.6 is 0 Å². The van der Waals surface area contributed by atoms with E-state index in [4.69, 9.17) is 0 Å². The number of rotatable bonds is 4. The number of allylic oxidation sites excluding steroid dienone is 2. The van der Waals surface area contributed by atoms with Gasteiger partial charge in [0.05, 0.1) is 0 Å². The molecule has 0 nitrogen and oxygen atoms in total. The van der Waals surface area contributed by atoms with Gasteiger partial charge in [-0.25, -0.2) is 0 Å². The fourth-order valence-corrected chi connectivity index (χ4v) is 1.39. The van der Waals surface area contributed by atoms with Crippen molar-refractivity contribution in [3.8, 4) is 0 Å². The molecule has 15 heavy (non-hydrogen) atoms. The van der Waals surface area contributed by atoms with E-state index in [0.29, 0.717) is 0 Å². The molecule has 0 amide bonds. The molecule has 0 spiro atoms. The van der Waals surface area contributed by atoms with Crippen LogP contribution in [0.1, 0.15) is 38.3 Å². The molecule has 0 saturated carbocycles. The van der Waals surface area contributed by atoms with Crippen LogP contribution in [0, 0.1) is 5.92 Å². The van der Waals surface area contributed by atoms with Crippen LogP contribution in [0.2, 0.25) is 0 Å². The lowest BCUT2D eigenvalue weighted by Crippen LogP contribution is -1.81. The summed E-state index contributed by atoms with van der Waals surface area (Å²) in [6.45, 7) is 6.51. The van der Waals surface area contributed by atoms with Crippen LogP contribution in [0.5, 0.6) is 0 Å². The Hall–Kier alpha value is -1.30. The monoisotopic (exact) mass is 200 g/mol. The van der Waals surface area contributed by atoms with Crippen molar-refractivity contribution in [2.24, 2.45) is 5.92 Å².